The van der Waals surface area contributed by atoms with E-state index in [9.17, 15) is 5.26 Å². The van der Waals surface area contributed by atoms with Crippen LogP contribution in [0.4, 0.5) is 5.69 Å². The summed E-state index contributed by atoms with van der Waals surface area (Å²) >= 11 is 19.6. The Hall–Kier alpha value is -2.64. The molecule has 0 aliphatic heterocycles. The van der Waals surface area contributed by atoms with Crippen molar-refractivity contribution in [2.75, 3.05) is 5.32 Å². The lowest BCUT2D eigenvalue weighted by molar-refractivity contribution is 0.480. The van der Waals surface area contributed by atoms with E-state index < -0.39 is 4.33 Å². The first-order valence-corrected chi connectivity index (χ1v) is 12.6. The van der Waals surface area contributed by atoms with Gasteiger partial charge in [0.2, 0.25) is 0 Å². The standard InChI is InChI=1S/C29H28Cl3N3/c1-17-12-21(14-22(30)13-17)27-26(29(27,31)32)19(3)35-24-7-6-20(16-33)25(15-24)18(2)34-23-8-10-28(4,5)11-9-23/h6-10,12-15,26-27,34-35H,2-3,11H2,1,4-5H3. The molecule has 0 spiro atoms. The normalized spacial score (nSPS) is 21.5. The van der Waals surface area contributed by atoms with Gasteiger partial charge in [-0.1, -0.05) is 56.8 Å². The van der Waals surface area contributed by atoms with Gasteiger partial charge in [-0.15, -0.1) is 23.2 Å². The van der Waals surface area contributed by atoms with Gasteiger partial charge in [0.15, 0.2) is 0 Å². The number of nitrogens with zero attached hydrogens (tertiary/aromatic N) is 1. The molecule has 180 valence electrons. The third kappa shape index (κ3) is 5.46. The van der Waals surface area contributed by atoms with Gasteiger partial charge in [0.05, 0.1) is 11.6 Å². The molecular formula is C29H28Cl3N3. The first-order chi connectivity index (χ1) is 16.4. The second-order valence-electron chi connectivity index (χ2n) is 10.0. The molecule has 2 N–H and O–H groups in total. The Bertz CT molecular complexity index is 1290. The van der Waals surface area contributed by atoms with Gasteiger partial charge in [-0.2, -0.15) is 5.26 Å². The number of nitrogens with one attached hydrogen (secondary N) is 2. The maximum Gasteiger partial charge on any atom is 0.134 e. The van der Waals surface area contributed by atoms with Crippen molar-refractivity contribution >= 4 is 46.2 Å². The lowest BCUT2D eigenvalue weighted by atomic mass is 9.85. The number of benzene rings is 2. The van der Waals surface area contributed by atoms with Crippen LogP contribution in [-0.4, -0.2) is 4.33 Å². The average Bonchev–Trinajstić information content (AvgIpc) is 3.36. The van der Waals surface area contributed by atoms with E-state index in [1.807, 2.05) is 37.3 Å². The van der Waals surface area contributed by atoms with Crippen molar-refractivity contribution in [3.63, 3.8) is 0 Å². The third-order valence-electron chi connectivity index (χ3n) is 6.48. The Labute approximate surface area is 222 Å². The van der Waals surface area contributed by atoms with E-state index in [4.69, 9.17) is 34.8 Å². The van der Waals surface area contributed by atoms with E-state index >= 15 is 0 Å². The van der Waals surface area contributed by atoms with Gasteiger partial charge in [0, 0.05) is 45.2 Å². The van der Waals surface area contributed by atoms with Crippen LogP contribution >= 0.6 is 34.8 Å². The number of allylic oxidation sites excluding steroid dienone is 4. The van der Waals surface area contributed by atoms with Crippen LogP contribution in [0.5, 0.6) is 0 Å². The molecule has 2 unspecified atom stereocenters. The molecule has 2 aromatic rings. The molecule has 0 heterocycles. The summed E-state index contributed by atoms with van der Waals surface area (Å²) in [6.45, 7) is 14.8. The zero-order chi connectivity index (χ0) is 25.5. The summed E-state index contributed by atoms with van der Waals surface area (Å²) in [5, 5.41) is 17.0. The van der Waals surface area contributed by atoms with Crippen molar-refractivity contribution in [1.29, 1.82) is 5.26 Å². The van der Waals surface area contributed by atoms with Gasteiger partial charge < -0.3 is 10.6 Å². The molecule has 0 radical (unpaired) electrons. The van der Waals surface area contributed by atoms with Crippen LogP contribution in [0, 0.1) is 29.6 Å². The summed E-state index contributed by atoms with van der Waals surface area (Å²) in [6, 6.07) is 13.6. The van der Waals surface area contributed by atoms with Gasteiger partial charge in [0.25, 0.3) is 0 Å². The molecule has 2 aliphatic rings. The lowest BCUT2D eigenvalue weighted by Gasteiger charge is -2.24. The highest BCUT2D eigenvalue weighted by Crippen LogP contribution is 2.67. The van der Waals surface area contributed by atoms with Gasteiger partial charge in [-0.3, -0.25) is 0 Å². The summed E-state index contributed by atoms with van der Waals surface area (Å²) in [5.74, 6) is -0.308. The van der Waals surface area contributed by atoms with Crippen LogP contribution in [0.2, 0.25) is 5.02 Å². The van der Waals surface area contributed by atoms with E-state index in [1.54, 1.807) is 6.07 Å². The first-order valence-electron chi connectivity index (χ1n) is 11.4. The summed E-state index contributed by atoms with van der Waals surface area (Å²) in [6.07, 6.45) is 7.30. The van der Waals surface area contributed by atoms with Crippen molar-refractivity contribution in [1.82, 2.24) is 5.32 Å². The quantitative estimate of drug-likeness (QED) is 0.357. The topological polar surface area (TPSA) is 47.8 Å². The van der Waals surface area contributed by atoms with Gasteiger partial charge in [-0.25, -0.2) is 0 Å². The van der Waals surface area contributed by atoms with Crippen LogP contribution in [0.15, 0.2) is 79.2 Å². The molecule has 2 aliphatic carbocycles. The maximum absolute atomic E-state index is 9.66. The lowest BCUT2D eigenvalue weighted by Crippen LogP contribution is -2.16. The SMILES string of the molecule is C=C(NC1=CCC(C)(C)C=C1)c1cc(NC(=C)C2C(c3cc(C)cc(Cl)c3)C2(Cl)Cl)ccc1C#N. The maximum atomic E-state index is 9.66. The molecule has 1 fully saturated rings. The van der Waals surface area contributed by atoms with Crippen molar-refractivity contribution in [2.45, 2.75) is 37.4 Å². The van der Waals surface area contributed by atoms with Crippen LogP contribution in [0.1, 0.15) is 48.4 Å². The second kappa shape index (κ2) is 9.43. The Balaban J connectivity index is 1.51. The van der Waals surface area contributed by atoms with Crippen molar-refractivity contribution in [3.05, 3.63) is 106 Å². The van der Waals surface area contributed by atoms with Gasteiger partial charge in [0.1, 0.15) is 4.33 Å². The van der Waals surface area contributed by atoms with E-state index in [-0.39, 0.29) is 17.3 Å². The number of rotatable bonds is 7. The van der Waals surface area contributed by atoms with Crippen molar-refractivity contribution in [2.24, 2.45) is 11.3 Å². The smallest absolute Gasteiger partial charge is 0.134 e. The van der Waals surface area contributed by atoms with Gasteiger partial charge in [-0.05, 0) is 66.3 Å². The molecule has 4 rings (SSSR count). The largest absolute Gasteiger partial charge is 0.359 e. The Morgan fingerprint density at radius 3 is 2.49 bits per heavy atom. The zero-order valence-corrected chi connectivity index (χ0v) is 22.3. The molecular weight excluding hydrogens is 497 g/mol. The number of hydrogen-bond acceptors (Lipinski definition) is 3. The molecule has 6 heteroatoms. The Morgan fingerprint density at radius 2 is 1.86 bits per heavy atom. The number of anilines is 1. The molecule has 2 atom stereocenters. The van der Waals surface area contributed by atoms with Crippen molar-refractivity contribution < 1.29 is 0 Å². The fraction of sp³-hybridized carbons (Fsp3) is 0.276. The Morgan fingerprint density at radius 1 is 1.11 bits per heavy atom. The number of halogens is 3. The summed E-state index contributed by atoms with van der Waals surface area (Å²) in [7, 11) is 0. The number of aryl methyl sites for hydroxylation is 1. The van der Waals surface area contributed by atoms with Crippen LogP contribution in [0.3, 0.4) is 0 Å². The first kappa shape index (κ1) is 25.5. The predicted octanol–water partition coefficient (Wildman–Crippen LogP) is 8.46. The zero-order valence-electron chi connectivity index (χ0n) is 20.1. The third-order valence-corrected chi connectivity index (χ3v) is 7.64. The average molecular weight is 525 g/mol. The number of hydrogen-bond donors (Lipinski definition) is 2. The minimum Gasteiger partial charge on any atom is -0.359 e. The molecule has 0 aromatic heterocycles. The highest BCUT2D eigenvalue weighted by molar-refractivity contribution is 6.52. The van der Waals surface area contributed by atoms with E-state index in [2.05, 4.69) is 61.9 Å². The Kier molecular flexibility index (Phi) is 6.86. The summed E-state index contributed by atoms with van der Waals surface area (Å²) < 4.78 is -0.977. The molecule has 2 aromatic carbocycles. The highest BCUT2D eigenvalue weighted by Gasteiger charge is 2.65. The molecule has 0 bridgehead atoms. The minimum atomic E-state index is -0.977. The van der Waals surface area contributed by atoms with Crippen molar-refractivity contribution in [3.8, 4) is 6.07 Å². The van der Waals surface area contributed by atoms with Crippen LogP contribution < -0.4 is 10.6 Å². The molecule has 0 saturated heterocycles. The van der Waals surface area contributed by atoms with Gasteiger partial charge >= 0.3 is 0 Å². The molecule has 3 nitrogen and oxygen atoms in total. The van der Waals surface area contributed by atoms with E-state index in [0.717, 1.165) is 28.9 Å². The second-order valence-corrected chi connectivity index (χ2v) is 11.9. The predicted molar refractivity (Wildman–Crippen MR) is 149 cm³/mol. The van der Waals surface area contributed by atoms with Crippen LogP contribution in [0.25, 0.3) is 5.70 Å². The minimum absolute atomic E-state index is 0.119. The number of alkyl halides is 2. The molecule has 1 saturated carbocycles. The highest BCUT2D eigenvalue weighted by atomic mass is 35.5. The van der Waals surface area contributed by atoms with E-state index in [1.165, 1.54) is 0 Å². The summed E-state index contributed by atoms with van der Waals surface area (Å²) in [4.78, 5) is 0. The molecule has 35 heavy (non-hydrogen) atoms. The van der Waals surface area contributed by atoms with Crippen LogP contribution in [-0.2, 0) is 0 Å². The summed E-state index contributed by atoms with van der Waals surface area (Å²) in [5.41, 5.74) is 6.51. The molecule has 0 amide bonds. The fourth-order valence-corrected chi connectivity index (χ4v) is 5.70. The monoisotopic (exact) mass is 523 g/mol. The van der Waals surface area contributed by atoms with E-state index in [0.29, 0.717) is 27.5 Å². The fourth-order valence-electron chi connectivity index (χ4n) is 4.51. The number of nitriles is 1.